The summed E-state index contributed by atoms with van der Waals surface area (Å²) in [6.07, 6.45) is 0. The predicted octanol–water partition coefficient (Wildman–Crippen LogP) is 3.88. The summed E-state index contributed by atoms with van der Waals surface area (Å²) in [5.74, 6) is 1.79. The summed E-state index contributed by atoms with van der Waals surface area (Å²) < 4.78 is 10.3. The molecule has 23 heavy (non-hydrogen) atoms. The maximum Gasteiger partial charge on any atom is 0.251 e. The van der Waals surface area contributed by atoms with Crippen molar-refractivity contribution < 1.29 is 14.3 Å². The standard InChI is InChI=1S/C17H18ClNO3S/c1-21-14-9-12(10-15(11-14)22-2)17(20)19-7-8-23-16-5-3-13(18)4-6-16/h3-6,9-11H,7-8H2,1-2H3,(H,19,20). The van der Waals surface area contributed by atoms with Crippen molar-refractivity contribution in [2.24, 2.45) is 0 Å². The largest absolute Gasteiger partial charge is 0.497 e. The van der Waals surface area contributed by atoms with Gasteiger partial charge in [0.25, 0.3) is 5.91 Å². The summed E-state index contributed by atoms with van der Waals surface area (Å²) in [6.45, 7) is 0.561. The van der Waals surface area contributed by atoms with Crippen molar-refractivity contribution in [3.05, 3.63) is 53.1 Å². The zero-order valence-electron chi connectivity index (χ0n) is 13.0. The van der Waals surface area contributed by atoms with Crippen LogP contribution in [-0.4, -0.2) is 32.4 Å². The van der Waals surface area contributed by atoms with Crippen molar-refractivity contribution in [1.29, 1.82) is 0 Å². The molecule has 0 unspecified atom stereocenters. The predicted molar refractivity (Wildman–Crippen MR) is 94.1 cm³/mol. The van der Waals surface area contributed by atoms with Crippen molar-refractivity contribution in [1.82, 2.24) is 5.32 Å². The summed E-state index contributed by atoms with van der Waals surface area (Å²) >= 11 is 7.50. The first kappa shape index (κ1) is 17.5. The number of benzene rings is 2. The van der Waals surface area contributed by atoms with Gasteiger partial charge in [-0.2, -0.15) is 0 Å². The van der Waals surface area contributed by atoms with E-state index >= 15 is 0 Å². The maximum atomic E-state index is 12.2. The topological polar surface area (TPSA) is 47.6 Å². The summed E-state index contributed by atoms with van der Waals surface area (Å²) in [4.78, 5) is 13.3. The third-order valence-electron chi connectivity index (χ3n) is 3.08. The second-order valence-corrected chi connectivity index (χ2v) is 6.26. The van der Waals surface area contributed by atoms with Crippen LogP contribution in [0.5, 0.6) is 11.5 Å². The fourth-order valence-electron chi connectivity index (χ4n) is 1.90. The monoisotopic (exact) mass is 351 g/mol. The van der Waals surface area contributed by atoms with Crippen molar-refractivity contribution in [2.75, 3.05) is 26.5 Å². The van der Waals surface area contributed by atoms with Gasteiger partial charge in [-0.15, -0.1) is 11.8 Å². The third-order valence-corrected chi connectivity index (χ3v) is 4.35. The minimum Gasteiger partial charge on any atom is -0.497 e. The molecule has 1 N–H and O–H groups in total. The number of carbonyl (C=O) groups excluding carboxylic acids is 1. The van der Waals surface area contributed by atoms with E-state index in [1.54, 1.807) is 44.2 Å². The first-order valence-electron chi connectivity index (χ1n) is 7.02. The molecule has 6 heteroatoms. The van der Waals surface area contributed by atoms with Crippen LogP contribution in [0.15, 0.2) is 47.4 Å². The summed E-state index contributed by atoms with van der Waals surface area (Å²) in [5.41, 5.74) is 0.512. The molecule has 0 heterocycles. The van der Waals surface area contributed by atoms with Crippen LogP contribution in [0.2, 0.25) is 5.02 Å². The van der Waals surface area contributed by atoms with Gasteiger partial charge in [0.1, 0.15) is 11.5 Å². The second kappa shape index (κ2) is 8.70. The van der Waals surface area contributed by atoms with Crippen LogP contribution in [0.1, 0.15) is 10.4 Å². The molecule has 2 aromatic carbocycles. The van der Waals surface area contributed by atoms with E-state index in [0.717, 1.165) is 15.7 Å². The molecule has 0 atom stereocenters. The molecule has 0 radical (unpaired) electrons. The van der Waals surface area contributed by atoms with Gasteiger partial charge in [-0.3, -0.25) is 4.79 Å². The molecule has 0 aliphatic rings. The van der Waals surface area contributed by atoms with Crippen LogP contribution in [0.25, 0.3) is 0 Å². The van der Waals surface area contributed by atoms with E-state index in [1.807, 2.05) is 24.3 Å². The number of hydrogen-bond acceptors (Lipinski definition) is 4. The van der Waals surface area contributed by atoms with E-state index in [4.69, 9.17) is 21.1 Å². The fraction of sp³-hybridized carbons (Fsp3) is 0.235. The third kappa shape index (κ3) is 5.37. The van der Waals surface area contributed by atoms with Crippen molar-refractivity contribution in [2.45, 2.75) is 4.90 Å². The Morgan fingerprint density at radius 2 is 1.70 bits per heavy atom. The van der Waals surface area contributed by atoms with Gasteiger partial charge in [0, 0.05) is 33.8 Å². The van der Waals surface area contributed by atoms with E-state index in [2.05, 4.69) is 5.32 Å². The molecule has 2 aromatic rings. The average molecular weight is 352 g/mol. The number of amides is 1. The second-order valence-electron chi connectivity index (χ2n) is 4.66. The fourth-order valence-corrected chi connectivity index (χ4v) is 2.80. The summed E-state index contributed by atoms with van der Waals surface area (Å²) in [7, 11) is 3.11. The lowest BCUT2D eigenvalue weighted by molar-refractivity contribution is 0.0955. The molecule has 0 spiro atoms. The number of ether oxygens (including phenoxy) is 2. The van der Waals surface area contributed by atoms with Crippen molar-refractivity contribution in [3.8, 4) is 11.5 Å². The lowest BCUT2D eigenvalue weighted by Crippen LogP contribution is -2.25. The van der Waals surface area contributed by atoms with Crippen molar-refractivity contribution in [3.63, 3.8) is 0 Å². The molecule has 0 aliphatic carbocycles. The molecule has 0 bridgehead atoms. The number of nitrogens with one attached hydrogen (secondary N) is 1. The van der Waals surface area contributed by atoms with Gasteiger partial charge in [-0.05, 0) is 36.4 Å². The zero-order chi connectivity index (χ0) is 16.7. The Morgan fingerprint density at radius 1 is 1.09 bits per heavy atom. The van der Waals surface area contributed by atoms with E-state index in [-0.39, 0.29) is 5.91 Å². The van der Waals surface area contributed by atoms with Crippen LogP contribution >= 0.6 is 23.4 Å². The van der Waals surface area contributed by atoms with Gasteiger partial charge in [0.05, 0.1) is 14.2 Å². The highest BCUT2D eigenvalue weighted by Gasteiger charge is 2.09. The van der Waals surface area contributed by atoms with Gasteiger partial charge >= 0.3 is 0 Å². The van der Waals surface area contributed by atoms with Gasteiger partial charge in [0.15, 0.2) is 0 Å². The molecule has 0 aliphatic heterocycles. The molecule has 0 aromatic heterocycles. The normalized spacial score (nSPS) is 10.2. The van der Waals surface area contributed by atoms with Gasteiger partial charge in [0.2, 0.25) is 0 Å². The molecule has 2 rings (SSSR count). The molecular weight excluding hydrogens is 334 g/mol. The summed E-state index contributed by atoms with van der Waals surface area (Å²) in [5, 5.41) is 3.60. The molecule has 0 saturated heterocycles. The molecule has 0 fully saturated rings. The van der Waals surface area contributed by atoms with Crippen LogP contribution in [0.3, 0.4) is 0 Å². The zero-order valence-corrected chi connectivity index (χ0v) is 14.5. The average Bonchev–Trinajstić information content (AvgIpc) is 2.59. The Labute approximate surface area is 145 Å². The number of halogens is 1. The van der Waals surface area contributed by atoms with Crippen LogP contribution in [-0.2, 0) is 0 Å². The minimum absolute atomic E-state index is 0.154. The molecule has 0 saturated carbocycles. The quantitative estimate of drug-likeness (QED) is 0.607. The highest BCUT2D eigenvalue weighted by molar-refractivity contribution is 7.99. The van der Waals surface area contributed by atoms with E-state index in [9.17, 15) is 4.79 Å². The smallest absolute Gasteiger partial charge is 0.251 e. The van der Waals surface area contributed by atoms with Gasteiger partial charge < -0.3 is 14.8 Å². The van der Waals surface area contributed by atoms with Crippen molar-refractivity contribution >= 4 is 29.3 Å². The summed E-state index contributed by atoms with van der Waals surface area (Å²) in [6, 6.07) is 12.7. The minimum atomic E-state index is -0.154. The Bertz CT molecular complexity index is 639. The highest BCUT2D eigenvalue weighted by atomic mass is 35.5. The SMILES string of the molecule is COc1cc(OC)cc(C(=O)NCCSc2ccc(Cl)cc2)c1. The van der Waals surface area contributed by atoms with Crippen LogP contribution in [0, 0.1) is 0 Å². The Hall–Kier alpha value is -1.85. The molecule has 4 nitrogen and oxygen atoms in total. The Balaban J connectivity index is 1.86. The van der Waals surface area contributed by atoms with Gasteiger partial charge in [-0.1, -0.05) is 11.6 Å². The number of thioether (sulfide) groups is 1. The lowest BCUT2D eigenvalue weighted by Gasteiger charge is -2.09. The number of hydrogen-bond donors (Lipinski definition) is 1. The van der Waals surface area contributed by atoms with Crippen LogP contribution < -0.4 is 14.8 Å². The molecule has 122 valence electrons. The Morgan fingerprint density at radius 3 is 2.26 bits per heavy atom. The maximum absolute atomic E-state index is 12.2. The highest BCUT2D eigenvalue weighted by Crippen LogP contribution is 2.23. The number of carbonyl (C=O) groups is 1. The first-order valence-corrected chi connectivity index (χ1v) is 8.38. The van der Waals surface area contributed by atoms with Gasteiger partial charge in [-0.25, -0.2) is 0 Å². The van der Waals surface area contributed by atoms with Crippen LogP contribution in [0.4, 0.5) is 0 Å². The number of rotatable bonds is 7. The van der Waals surface area contributed by atoms with E-state index < -0.39 is 0 Å². The van der Waals surface area contributed by atoms with E-state index in [0.29, 0.717) is 23.6 Å². The lowest BCUT2D eigenvalue weighted by atomic mass is 10.2. The Kier molecular flexibility index (Phi) is 6.62. The first-order chi connectivity index (χ1) is 11.1. The number of methoxy groups -OCH3 is 2. The van der Waals surface area contributed by atoms with E-state index in [1.165, 1.54) is 0 Å². The molecular formula is C17H18ClNO3S. The molecule has 1 amide bonds.